The van der Waals surface area contributed by atoms with Gasteiger partial charge in [-0.3, -0.25) is 0 Å². The first kappa shape index (κ1) is 7.47. The molecule has 0 aliphatic carbocycles. The van der Waals surface area contributed by atoms with E-state index in [0.29, 0.717) is 5.75 Å². The van der Waals surface area contributed by atoms with Crippen LogP contribution in [0.15, 0.2) is 12.1 Å². The van der Waals surface area contributed by atoms with E-state index in [1.54, 1.807) is 6.07 Å². The Morgan fingerprint density at radius 2 is 2.17 bits per heavy atom. The molecule has 1 aliphatic rings. The second kappa shape index (κ2) is 2.70. The minimum absolute atomic E-state index is 0.269. The van der Waals surface area contributed by atoms with Crippen LogP contribution in [-0.4, -0.2) is 5.11 Å². The largest absolute Gasteiger partial charge is 0.504 e. The van der Waals surface area contributed by atoms with Crippen LogP contribution >= 0.6 is 0 Å². The summed E-state index contributed by atoms with van der Waals surface area (Å²) in [6.07, 6.45) is 3.43. The Hall–Kier alpha value is -1.18. The van der Waals surface area contributed by atoms with Gasteiger partial charge in [0.05, 0.1) is 0 Å². The van der Waals surface area contributed by atoms with Gasteiger partial charge in [-0.15, -0.1) is 0 Å². The number of hydrogen-bond acceptors (Lipinski definition) is 2. The van der Waals surface area contributed by atoms with E-state index in [0.717, 1.165) is 12.2 Å². The highest BCUT2D eigenvalue weighted by Gasteiger charge is 2.28. The zero-order chi connectivity index (χ0) is 8.55. The summed E-state index contributed by atoms with van der Waals surface area (Å²) in [7, 11) is 0. The molecule has 0 atom stereocenters. The van der Waals surface area contributed by atoms with E-state index in [-0.39, 0.29) is 5.75 Å². The molecular formula is C10H12O2. The minimum atomic E-state index is 0.269. The van der Waals surface area contributed by atoms with E-state index >= 15 is 0 Å². The van der Waals surface area contributed by atoms with Crippen LogP contribution in [0.4, 0.5) is 0 Å². The molecule has 1 aliphatic heterocycles. The molecule has 2 rings (SSSR count). The number of benzene rings is 1. The third-order valence-electron chi connectivity index (χ3n) is 2.14. The van der Waals surface area contributed by atoms with E-state index in [2.05, 4.69) is 6.92 Å². The third-order valence-corrected chi connectivity index (χ3v) is 2.14. The Balaban J connectivity index is 2.15. The van der Waals surface area contributed by atoms with Gasteiger partial charge in [-0.25, -0.2) is 0 Å². The first-order chi connectivity index (χ1) is 5.83. The molecule has 0 saturated heterocycles. The topological polar surface area (TPSA) is 32.8 Å². The van der Waals surface area contributed by atoms with Crippen LogP contribution in [0.5, 0.6) is 17.2 Å². The van der Waals surface area contributed by atoms with Crippen LogP contribution in [0.2, 0.25) is 0 Å². The van der Waals surface area contributed by atoms with Gasteiger partial charge in [0.25, 0.3) is 0 Å². The summed E-state index contributed by atoms with van der Waals surface area (Å²) in [5.41, 5.74) is 1.23. The van der Waals surface area contributed by atoms with E-state index in [1.165, 1.54) is 18.4 Å². The fourth-order valence-electron chi connectivity index (χ4n) is 1.35. The lowest BCUT2D eigenvalue weighted by atomic mass is 10.1. The summed E-state index contributed by atoms with van der Waals surface area (Å²) in [6, 6.07) is 3.65. The number of hydrogen-bond donors (Lipinski definition) is 1. The van der Waals surface area contributed by atoms with Crippen LogP contribution in [0.25, 0.3) is 0 Å². The van der Waals surface area contributed by atoms with Crippen molar-refractivity contribution in [1.29, 1.82) is 0 Å². The van der Waals surface area contributed by atoms with Crippen molar-refractivity contribution in [2.75, 3.05) is 0 Å². The Morgan fingerprint density at radius 3 is 2.92 bits per heavy atom. The highest BCUT2D eigenvalue weighted by molar-refractivity contribution is 5.66. The average Bonchev–Trinajstić information content (AvgIpc) is 2.83. The van der Waals surface area contributed by atoms with Crippen molar-refractivity contribution in [2.45, 2.75) is 26.2 Å². The summed E-state index contributed by atoms with van der Waals surface area (Å²) < 4.78 is 5.15. The SMILES string of the molecule is CCCCc1ccc(O)c2c1O2. The predicted octanol–water partition coefficient (Wildman–Crippen LogP) is 2.84. The van der Waals surface area contributed by atoms with Gasteiger partial charge >= 0.3 is 0 Å². The lowest BCUT2D eigenvalue weighted by molar-refractivity contribution is 0.463. The molecule has 64 valence electrons. The number of phenols is 1. The number of phenolic OH excluding ortho intramolecular Hbond substituents is 1. The molecule has 2 nitrogen and oxygen atoms in total. The number of ether oxygens (including phenoxy) is 1. The summed E-state index contributed by atoms with van der Waals surface area (Å²) in [5.74, 6) is 1.86. The van der Waals surface area contributed by atoms with Gasteiger partial charge in [-0.1, -0.05) is 19.4 Å². The normalized spacial score (nSPS) is 12.1. The van der Waals surface area contributed by atoms with Crippen LogP contribution < -0.4 is 4.74 Å². The number of aromatic hydroxyl groups is 1. The minimum Gasteiger partial charge on any atom is -0.504 e. The van der Waals surface area contributed by atoms with Crippen molar-refractivity contribution in [3.05, 3.63) is 17.7 Å². The summed E-state index contributed by atoms with van der Waals surface area (Å²) in [4.78, 5) is 0. The molecule has 0 saturated carbocycles. The molecule has 0 radical (unpaired) electrons. The van der Waals surface area contributed by atoms with Gasteiger partial charge in [-0.05, 0) is 24.5 Å². The van der Waals surface area contributed by atoms with Crippen LogP contribution in [-0.2, 0) is 6.42 Å². The fourth-order valence-corrected chi connectivity index (χ4v) is 1.35. The lowest BCUT2D eigenvalue weighted by Crippen LogP contribution is -1.80. The molecule has 0 fully saturated rings. The van der Waals surface area contributed by atoms with Crippen molar-refractivity contribution in [3.8, 4) is 17.2 Å². The molecule has 1 N–H and O–H groups in total. The van der Waals surface area contributed by atoms with Gasteiger partial charge in [0.2, 0.25) is 5.75 Å². The fraction of sp³-hybridized carbons (Fsp3) is 0.400. The zero-order valence-corrected chi connectivity index (χ0v) is 7.13. The number of aryl methyl sites for hydroxylation is 1. The molecule has 2 heteroatoms. The second-order valence-corrected chi connectivity index (χ2v) is 3.11. The van der Waals surface area contributed by atoms with Crippen molar-refractivity contribution in [1.82, 2.24) is 0 Å². The standard InChI is InChI=1S/C10H12O2/c1-2-3-4-7-5-6-8(11)10-9(7)12-10/h5-6,11H,2-4H2,1H3. The van der Waals surface area contributed by atoms with E-state index in [4.69, 9.17) is 4.74 Å². The number of rotatable bonds is 3. The molecule has 0 unspecified atom stereocenters. The van der Waals surface area contributed by atoms with Gasteiger partial charge in [0.1, 0.15) is 0 Å². The van der Waals surface area contributed by atoms with E-state index < -0.39 is 0 Å². The number of unbranched alkanes of at least 4 members (excludes halogenated alkanes) is 1. The summed E-state index contributed by atoms with van der Waals surface area (Å²) in [6.45, 7) is 2.17. The Morgan fingerprint density at radius 1 is 1.33 bits per heavy atom. The Bertz CT molecular complexity index is 305. The first-order valence-electron chi connectivity index (χ1n) is 4.35. The molecule has 1 heterocycles. The van der Waals surface area contributed by atoms with Crippen molar-refractivity contribution in [3.63, 3.8) is 0 Å². The summed E-state index contributed by atoms with van der Waals surface area (Å²) >= 11 is 0. The van der Waals surface area contributed by atoms with Crippen LogP contribution in [0, 0.1) is 0 Å². The molecule has 0 spiro atoms. The van der Waals surface area contributed by atoms with Crippen molar-refractivity contribution < 1.29 is 9.84 Å². The van der Waals surface area contributed by atoms with E-state index in [9.17, 15) is 5.11 Å². The molecular weight excluding hydrogens is 152 g/mol. The quantitative estimate of drug-likeness (QED) is 0.707. The average molecular weight is 164 g/mol. The Labute approximate surface area is 71.8 Å². The first-order valence-corrected chi connectivity index (χ1v) is 4.35. The maximum absolute atomic E-state index is 9.20. The van der Waals surface area contributed by atoms with Crippen LogP contribution in [0.1, 0.15) is 25.3 Å². The Kier molecular flexibility index (Phi) is 1.68. The second-order valence-electron chi connectivity index (χ2n) is 3.11. The predicted molar refractivity (Wildman–Crippen MR) is 46.8 cm³/mol. The van der Waals surface area contributed by atoms with Crippen LogP contribution in [0.3, 0.4) is 0 Å². The third kappa shape index (κ3) is 1.13. The molecule has 12 heavy (non-hydrogen) atoms. The molecule has 1 aromatic rings. The highest BCUT2D eigenvalue weighted by atomic mass is 16.6. The molecule has 0 amide bonds. The van der Waals surface area contributed by atoms with Gasteiger partial charge in [-0.2, -0.15) is 0 Å². The molecule has 1 aromatic carbocycles. The zero-order valence-electron chi connectivity index (χ0n) is 7.13. The highest BCUT2D eigenvalue weighted by Crippen LogP contribution is 2.54. The molecule has 0 aromatic heterocycles. The van der Waals surface area contributed by atoms with Gasteiger partial charge < -0.3 is 9.84 Å². The van der Waals surface area contributed by atoms with Gasteiger partial charge in [0, 0.05) is 0 Å². The number of fused-ring (bicyclic) bond motifs is 1. The monoisotopic (exact) mass is 164 g/mol. The smallest absolute Gasteiger partial charge is 0.211 e. The lowest BCUT2D eigenvalue weighted by Gasteiger charge is -1.94. The molecule has 0 bridgehead atoms. The van der Waals surface area contributed by atoms with E-state index in [1.807, 2.05) is 6.07 Å². The van der Waals surface area contributed by atoms with Gasteiger partial charge in [0.15, 0.2) is 11.5 Å². The maximum Gasteiger partial charge on any atom is 0.211 e. The maximum atomic E-state index is 9.20. The van der Waals surface area contributed by atoms with Crippen molar-refractivity contribution >= 4 is 0 Å². The summed E-state index contributed by atoms with van der Waals surface area (Å²) in [5, 5.41) is 9.20. The van der Waals surface area contributed by atoms with Crippen molar-refractivity contribution in [2.24, 2.45) is 0 Å².